The van der Waals surface area contributed by atoms with Gasteiger partial charge in [-0.3, -0.25) is 14.6 Å². The monoisotopic (exact) mass is 337 g/mol. The molecule has 1 aliphatic rings. The van der Waals surface area contributed by atoms with Gasteiger partial charge in [0.1, 0.15) is 11.4 Å². The van der Waals surface area contributed by atoms with Crippen LogP contribution in [0, 0.1) is 5.92 Å². The normalized spacial score (nSPS) is 18.8. The summed E-state index contributed by atoms with van der Waals surface area (Å²) in [5.41, 5.74) is 1.25. The average molecular weight is 337 g/mol. The zero-order chi connectivity index (χ0) is 17.8. The van der Waals surface area contributed by atoms with Gasteiger partial charge in [-0.15, -0.1) is 0 Å². The van der Waals surface area contributed by atoms with Gasteiger partial charge in [0.25, 0.3) is 11.5 Å². The Hall–Kier alpha value is -3.15. The van der Waals surface area contributed by atoms with Crippen molar-refractivity contribution in [2.75, 3.05) is 12.4 Å². The molecule has 25 heavy (non-hydrogen) atoms. The number of anilines is 1. The summed E-state index contributed by atoms with van der Waals surface area (Å²) < 4.78 is 5.08. The van der Waals surface area contributed by atoms with Crippen LogP contribution in [0.25, 0.3) is 0 Å². The van der Waals surface area contributed by atoms with Crippen molar-refractivity contribution in [3.8, 4) is 5.75 Å². The second-order valence-corrected chi connectivity index (χ2v) is 5.88. The number of aromatic amines is 1. The summed E-state index contributed by atoms with van der Waals surface area (Å²) in [6, 6.07) is 8.40. The van der Waals surface area contributed by atoms with Crippen molar-refractivity contribution in [1.29, 1.82) is 0 Å². The van der Waals surface area contributed by atoms with Gasteiger partial charge in [0.2, 0.25) is 0 Å². The third-order valence-electron chi connectivity index (χ3n) is 4.18. The summed E-state index contributed by atoms with van der Waals surface area (Å²) >= 11 is 0. The minimum atomic E-state index is -0.348. The van der Waals surface area contributed by atoms with Crippen molar-refractivity contribution in [2.24, 2.45) is 10.9 Å². The molecule has 0 fully saturated rings. The second-order valence-electron chi connectivity index (χ2n) is 5.88. The average Bonchev–Trinajstić information content (AvgIpc) is 2.64. The van der Waals surface area contributed by atoms with Gasteiger partial charge in [-0.05, 0) is 35.9 Å². The minimum Gasteiger partial charge on any atom is -0.497 e. The highest BCUT2D eigenvalue weighted by molar-refractivity contribution is 6.04. The van der Waals surface area contributed by atoms with Crippen LogP contribution in [0.1, 0.15) is 28.8 Å². The molecule has 0 spiro atoms. The third-order valence-corrected chi connectivity index (χ3v) is 4.18. The van der Waals surface area contributed by atoms with E-state index in [0.717, 1.165) is 5.56 Å². The summed E-state index contributed by atoms with van der Waals surface area (Å²) in [4.78, 5) is 31.3. The Bertz CT molecular complexity index is 882. The van der Waals surface area contributed by atoms with E-state index in [4.69, 9.17) is 4.74 Å². The van der Waals surface area contributed by atoms with E-state index in [0.29, 0.717) is 11.3 Å². The zero-order valence-electron chi connectivity index (χ0n) is 14.0. The largest absolute Gasteiger partial charge is 0.497 e. The van der Waals surface area contributed by atoms with E-state index in [9.17, 15) is 9.59 Å². The lowest BCUT2D eigenvalue weighted by atomic mass is 9.87. The van der Waals surface area contributed by atoms with Crippen LogP contribution in [0.3, 0.4) is 0 Å². The van der Waals surface area contributed by atoms with Gasteiger partial charge in [-0.2, -0.15) is 0 Å². The highest BCUT2D eigenvalue weighted by Crippen LogP contribution is 2.27. The van der Waals surface area contributed by atoms with Crippen molar-refractivity contribution in [1.82, 2.24) is 4.98 Å². The number of nitrogens with zero attached hydrogens (tertiary/aromatic N) is 1. The molecular formula is C19H19N3O3. The van der Waals surface area contributed by atoms with Crippen molar-refractivity contribution in [2.45, 2.75) is 12.8 Å². The van der Waals surface area contributed by atoms with Crippen LogP contribution < -0.4 is 15.6 Å². The van der Waals surface area contributed by atoms with Gasteiger partial charge < -0.3 is 15.0 Å². The van der Waals surface area contributed by atoms with Gasteiger partial charge in [0.05, 0.1) is 7.11 Å². The summed E-state index contributed by atoms with van der Waals surface area (Å²) in [5, 5.41) is 2.68. The lowest BCUT2D eigenvalue weighted by molar-refractivity contribution is 0.102. The highest BCUT2D eigenvalue weighted by atomic mass is 16.5. The van der Waals surface area contributed by atoms with Crippen molar-refractivity contribution in [3.05, 3.63) is 70.3 Å². The molecule has 2 heterocycles. The van der Waals surface area contributed by atoms with Crippen LogP contribution in [0.2, 0.25) is 0 Å². The van der Waals surface area contributed by atoms with Crippen LogP contribution in [0.5, 0.6) is 5.75 Å². The van der Waals surface area contributed by atoms with E-state index < -0.39 is 0 Å². The molecule has 0 saturated carbocycles. The molecule has 1 aromatic carbocycles. The van der Waals surface area contributed by atoms with Crippen LogP contribution in [0.15, 0.2) is 58.6 Å². The van der Waals surface area contributed by atoms with Crippen LogP contribution >= 0.6 is 0 Å². The first-order valence-electron chi connectivity index (χ1n) is 7.96. The fourth-order valence-electron chi connectivity index (χ4n) is 2.73. The second kappa shape index (κ2) is 7.17. The molecule has 0 bridgehead atoms. The van der Waals surface area contributed by atoms with Crippen LogP contribution in [-0.4, -0.2) is 24.2 Å². The molecule has 6 heteroatoms. The molecule has 2 aromatic rings. The van der Waals surface area contributed by atoms with Crippen molar-refractivity contribution >= 4 is 17.8 Å². The molecule has 2 unspecified atom stereocenters. The number of carbonyl (C=O) groups is 1. The molecule has 2 atom stereocenters. The smallest absolute Gasteiger partial charge is 0.271 e. The first-order chi connectivity index (χ1) is 12.1. The third kappa shape index (κ3) is 3.68. The van der Waals surface area contributed by atoms with E-state index in [2.05, 4.69) is 22.2 Å². The number of H-pyrrole nitrogens is 1. The topological polar surface area (TPSA) is 83.5 Å². The number of benzene rings is 1. The van der Waals surface area contributed by atoms with E-state index in [1.165, 1.54) is 0 Å². The van der Waals surface area contributed by atoms with Gasteiger partial charge in [0.15, 0.2) is 0 Å². The Morgan fingerprint density at radius 2 is 2.04 bits per heavy atom. The first kappa shape index (κ1) is 16.7. The Morgan fingerprint density at radius 3 is 2.72 bits per heavy atom. The fraction of sp³-hybridized carbons (Fsp3) is 0.211. The summed E-state index contributed by atoms with van der Waals surface area (Å²) in [7, 11) is 1.56. The molecule has 0 radical (unpaired) electrons. The van der Waals surface area contributed by atoms with Crippen molar-refractivity contribution < 1.29 is 9.53 Å². The zero-order valence-corrected chi connectivity index (χ0v) is 14.0. The predicted molar refractivity (Wildman–Crippen MR) is 97.5 cm³/mol. The first-order valence-corrected chi connectivity index (χ1v) is 7.96. The molecule has 6 nitrogen and oxygen atoms in total. The maximum atomic E-state index is 12.4. The number of nitrogens with one attached hydrogen (secondary N) is 2. The van der Waals surface area contributed by atoms with Crippen LogP contribution in [-0.2, 0) is 0 Å². The summed E-state index contributed by atoms with van der Waals surface area (Å²) in [6.45, 7) is 2.05. The molecule has 128 valence electrons. The molecule has 1 amide bonds. The number of carbonyl (C=O) groups excluding carboxylic acids is 1. The minimum absolute atomic E-state index is 0.103. The predicted octanol–water partition coefficient (Wildman–Crippen LogP) is 2.95. The molecule has 0 aliphatic carbocycles. The number of allylic oxidation sites excluding steroid dienone is 1. The van der Waals surface area contributed by atoms with Gasteiger partial charge in [-0.25, -0.2) is 0 Å². The number of hydrogen-bond donors (Lipinski definition) is 2. The quantitative estimate of drug-likeness (QED) is 0.900. The Balaban J connectivity index is 1.83. The summed E-state index contributed by atoms with van der Waals surface area (Å²) in [5.74, 6) is 0.627. The fourth-order valence-corrected chi connectivity index (χ4v) is 2.73. The number of aliphatic imine (C=N–C) groups is 1. The van der Waals surface area contributed by atoms with Gasteiger partial charge in [-0.1, -0.05) is 13.0 Å². The highest BCUT2D eigenvalue weighted by Gasteiger charge is 2.19. The number of methoxy groups -OCH3 is 1. The van der Waals surface area contributed by atoms with Crippen molar-refractivity contribution in [3.63, 3.8) is 0 Å². The number of amides is 1. The SMILES string of the molecule is COc1ccc(C(=O)Nc2cc(C3C=CN=CC3C)c[nH]c2=O)cc1. The molecular weight excluding hydrogens is 318 g/mol. The standard InChI is InChI=1S/C19H19N3O3/c1-12-10-20-8-7-16(12)14-9-17(19(24)21-11-14)22-18(23)13-3-5-15(25-2)6-4-13/h3-12,16H,1-2H3,(H,21,24)(H,22,23). The van der Waals surface area contributed by atoms with E-state index in [1.807, 2.05) is 12.3 Å². The van der Waals surface area contributed by atoms with Gasteiger partial charge in [0, 0.05) is 36.0 Å². The number of rotatable bonds is 4. The molecule has 3 rings (SSSR count). The lowest BCUT2D eigenvalue weighted by Crippen LogP contribution is -2.21. The number of aromatic nitrogens is 1. The maximum absolute atomic E-state index is 12.4. The molecule has 2 N–H and O–H groups in total. The summed E-state index contributed by atoms with van der Waals surface area (Å²) in [6.07, 6.45) is 7.26. The van der Waals surface area contributed by atoms with E-state index in [1.54, 1.807) is 49.8 Å². The Kier molecular flexibility index (Phi) is 4.79. The molecule has 0 saturated heterocycles. The Morgan fingerprint density at radius 1 is 1.28 bits per heavy atom. The lowest BCUT2D eigenvalue weighted by Gasteiger charge is -2.20. The van der Waals surface area contributed by atoms with Gasteiger partial charge >= 0.3 is 0 Å². The van der Waals surface area contributed by atoms with E-state index in [-0.39, 0.29) is 29.0 Å². The van der Waals surface area contributed by atoms with E-state index >= 15 is 0 Å². The molecule has 1 aromatic heterocycles. The Labute approximate surface area is 145 Å². The maximum Gasteiger partial charge on any atom is 0.271 e. The number of pyridine rings is 1. The number of hydrogen-bond acceptors (Lipinski definition) is 4. The number of ether oxygens (including phenoxy) is 1. The molecule has 1 aliphatic heterocycles. The van der Waals surface area contributed by atoms with Crippen LogP contribution in [0.4, 0.5) is 5.69 Å².